The van der Waals surface area contributed by atoms with Crippen molar-refractivity contribution in [3.05, 3.63) is 54.5 Å². The standard InChI is InChI=1S/C17H17FN2O4S2/c1-25(21,22)9-8-20-26(23,24)14-5-2-12(3-6-14)16-11-19-17-10-13(18)4-7-15(16)17/h2-7,10-11,19-20H,8-9H2,1H3. The minimum absolute atomic E-state index is 0.0423. The summed E-state index contributed by atoms with van der Waals surface area (Å²) >= 11 is 0. The van der Waals surface area contributed by atoms with Crippen LogP contribution in [0.5, 0.6) is 0 Å². The lowest BCUT2D eigenvalue weighted by Crippen LogP contribution is -2.28. The average molecular weight is 396 g/mol. The van der Waals surface area contributed by atoms with E-state index in [1.165, 1.54) is 24.3 Å². The second-order valence-corrected chi connectivity index (χ2v) is 9.97. The van der Waals surface area contributed by atoms with Gasteiger partial charge in [-0.2, -0.15) is 0 Å². The Morgan fingerprint density at radius 3 is 2.38 bits per heavy atom. The van der Waals surface area contributed by atoms with Crippen molar-refractivity contribution in [2.45, 2.75) is 4.90 Å². The van der Waals surface area contributed by atoms with Crippen LogP contribution in [0.25, 0.3) is 22.0 Å². The van der Waals surface area contributed by atoms with Crippen LogP contribution in [0.1, 0.15) is 0 Å². The lowest BCUT2D eigenvalue weighted by Gasteiger charge is -2.07. The highest BCUT2D eigenvalue weighted by molar-refractivity contribution is 7.91. The van der Waals surface area contributed by atoms with Gasteiger partial charge in [0.1, 0.15) is 15.7 Å². The van der Waals surface area contributed by atoms with Gasteiger partial charge in [-0.3, -0.25) is 0 Å². The van der Waals surface area contributed by atoms with Crippen molar-refractivity contribution in [1.82, 2.24) is 9.71 Å². The molecule has 6 nitrogen and oxygen atoms in total. The summed E-state index contributed by atoms with van der Waals surface area (Å²) in [6, 6.07) is 10.6. The third-order valence-corrected chi connectivity index (χ3v) is 6.31. The van der Waals surface area contributed by atoms with E-state index in [-0.39, 0.29) is 23.0 Å². The summed E-state index contributed by atoms with van der Waals surface area (Å²) in [4.78, 5) is 3.03. The van der Waals surface area contributed by atoms with Crippen LogP contribution in [0, 0.1) is 5.82 Å². The summed E-state index contributed by atoms with van der Waals surface area (Å²) in [5.41, 5.74) is 2.26. The third kappa shape index (κ3) is 4.12. The highest BCUT2D eigenvalue weighted by Crippen LogP contribution is 2.29. The minimum atomic E-state index is -3.79. The minimum Gasteiger partial charge on any atom is -0.360 e. The zero-order valence-corrected chi connectivity index (χ0v) is 15.5. The van der Waals surface area contributed by atoms with Gasteiger partial charge in [0.15, 0.2) is 0 Å². The van der Waals surface area contributed by atoms with Gasteiger partial charge in [0.25, 0.3) is 0 Å². The van der Waals surface area contributed by atoms with E-state index in [1.54, 1.807) is 24.4 Å². The van der Waals surface area contributed by atoms with Crippen molar-refractivity contribution in [3.63, 3.8) is 0 Å². The number of hydrogen-bond donors (Lipinski definition) is 2. The normalized spacial score (nSPS) is 12.5. The molecule has 1 aromatic heterocycles. The summed E-state index contributed by atoms with van der Waals surface area (Å²) in [7, 11) is -7.03. The van der Waals surface area contributed by atoms with Crippen LogP contribution in [0.2, 0.25) is 0 Å². The molecule has 0 saturated carbocycles. The molecule has 0 radical (unpaired) electrons. The topological polar surface area (TPSA) is 96.1 Å². The summed E-state index contributed by atoms with van der Waals surface area (Å²) in [6.07, 6.45) is 2.78. The van der Waals surface area contributed by atoms with E-state index in [9.17, 15) is 21.2 Å². The molecule has 0 aliphatic heterocycles. The van der Waals surface area contributed by atoms with Gasteiger partial charge >= 0.3 is 0 Å². The first-order chi connectivity index (χ1) is 12.2. The Bertz CT molecular complexity index is 1150. The number of fused-ring (bicyclic) bond motifs is 1. The summed E-state index contributed by atoms with van der Waals surface area (Å²) < 4.78 is 62.2. The molecule has 9 heteroatoms. The fourth-order valence-corrected chi connectivity index (χ4v) is 4.23. The summed E-state index contributed by atoms with van der Waals surface area (Å²) in [5.74, 6) is -0.608. The second kappa shape index (κ2) is 6.82. The zero-order valence-electron chi connectivity index (χ0n) is 13.9. The molecule has 0 amide bonds. The lowest BCUT2D eigenvalue weighted by molar-refractivity contribution is 0.582. The Hall–Kier alpha value is -2.23. The van der Waals surface area contributed by atoms with Gasteiger partial charge in [0.2, 0.25) is 10.0 Å². The Balaban J connectivity index is 1.83. The number of aromatic amines is 1. The molecule has 0 aliphatic carbocycles. The maximum atomic E-state index is 13.3. The van der Waals surface area contributed by atoms with E-state index in [2.05, 4.69) is 9.71 Å². The third-order valence-electron chi connectivity index (χ3n) is 3.88. The quantitative estimate of drug-likeness (QED) is 0.668. The number of hydrogen-bond acceptors (Lipinski definition) is 4. The molecule has 0 saturated heterocycles. The molecule has 0 unspecified atom stereocenters. The van der Waals surface area contributed by atoms with Crippen LogP contribution in [-0.2, 0) is 19.9 Å². The molecule has 0 spiro atoms. The van der Waals surface area contributed by atoms with Crippen LogP contribution in [0.3, 0.4) is 0 Å². The van der Waals surface area contributed by atoms with Crippen LogP contribution >= 0.6 is 0 Å². The first-order valence-electron chi connectivity index (χ1n) is 7.70. The van der Waals surface area contributed by atoms with E-state index < -0.39 is 19.9 Å². The van der Waals surface area contributed by atoms with Crippen molar-refractivity contribution in [2.24, 2.45) is 0 Å². The monoisotopic (exact) mass is 396 g/mol. The lowest BCUT2D eigenvalue weighted by atomic mass is 10.1. The SMILES string of the molecule is CS(=O)(=O)CCNS(=O)(=O)c1ccc(-c2c[nH]c3cc(F)ccc23)cc1. The van der Waals surface area contributed by atoms with E-state index in [1.807, 2.05) is 0 Å². The molecule has 2 aromatic carbocycles. The molecule has 3 aromatic rings. The molecule has 0 aliphatic rings. The second-order valence-electron chi connectivity index (χ2n) is 5.94. The molecule has 0 fully saturated rings. The molecule has 1 heterocycles. The smallest absolute Gasteiger partial charge is 0.240 e. The highest BCUT2D eigenvalue weighted by Gasteiger charge is 2.15. The number of benzene rings is 2. The maximum absolute atomic E-state index is 13.3. The summed E-state index contributed by atoms with van der Waals surface area (Å²) in [6.45, 7) is -0.184. The molecule has 0 atom stereocenters. The number of sulfonamides is 1. The van der Waals surface area contributed by atoms with Crippen LogP contribution in [0.4, 0.5) is 4.39 Å². The van der Waals surface area contributed by atoms with Gasteiger partial charge in [0.05, 0.1) is 10.6 Å². The maximum Gasteiger partial charge on any atom is 0.240 e. The molecule has 0 bridgehead atoms. The van der Waals surface area contributed by atoms with Crippen molar-refractivity contribution in [3.8, 4) is 11.1 Å². The first-order valence-corrected chi connectivity index (χ1v) is 11.2. The molecule has 138 valence electrons. The Morgan fingerprint density at radius 2 is 1.73 bits per heavy atom. The van der Waals surface area contributed by atoms with Gasteiger partial charge in [-0.25, -0.2) is 25.9 Å². The zero-order chi connectivity index (χ0) is 18.9. The van der Waals surface area contributed by atoms with Crippen molar-refractivity contribution < 1.29 is 21.2 Å². The number of aromatic nitrogens is 1. The Kier molecular flexibility index (Phi) is 4.87. The van der Waals surface area contributed by atoms with E-state index >= 15 is 0 Å². The van der Waals surface area contributed by atoms with Gasteiger partial charge in [-0.1, -0.05) is 12.1 Å². The van der Waals surface area contributed by atoms with Crippen molar-refractivity contribution in [2.75, 3.05) is 18.6 Å². The fourth-order valence-electron chi connectivity index (χ4n) is 2.60. The Morgan fingerprint density at radius 1 is 1.04 bits per heavy atom. The fraction of sp³-hybridized carbons (Fsp3) is 0.176. The Labute approximate surface area is 151 Å². The van der Waals surface area contributed by atoms with Gasteiger partial charge < -0.3 is 4.98 Å². The van der Waals surface area contributed by atoms with Gasteiger partial charge in [-0.15, -0.1) is 0 Å². The largest absolute Gasteiger partial charge is 0.360 e. The predicted molar refractivity (Wildman–Crippen MR) is 98.6 cm³/mol. The summed E-state index contributed by atoms with van der Waals surface area (Å²) in [5, 5.41) is 0.827. The van der Waals surface area contributed by atoms with E-state index in [4.69, 9.17) is 0 Å². The number of rotatable bonds is 6. The van der Waals surface area contributed by atoms with Crippen LogP contribution < -0.4 is 4.72 Å². The number of halogens is 1. The van der Waals surface area contributed by atoms with Crippen LogP contribution in [0.15, 0.2) is 53.6 Å². The highest BCUT2D eigenvalue weighted by atomic mass is 32.2. The van der Waals surface area contributed by atoms with E-state index in [0.29, 0.717) is 5.52 Å². The first kappa shape index (κ1) is 18.6. The predicted octanol–water partition coefficient (Wildman–Crippen LogP) is 2.30. The van der Waals surface area contributed by atoms with Gasteiger partial charge in [-0.05, 0) is 35.9 Å². The number of sulfone groups is 1. The molecule has 3 rings (SSSR count). The van der Waals surface area contributed by atoms with E-state index in [0.717, 1.165) is 22.8 Å². The molecular formula is C17H17FN2O4S2. The van der Waals surface area contributed by atoms with Crippen molar-refractivity contribution >= 4 is 30.8 Å². The van der Waals surface area contributed by atoms with Crippen LogP contribution in [-0.4, -0.2) is 40.4 Å². The number of H-pyrrole nitrogens is 1. The average Bonchev–Trinajstić information content (AvgIpc) is 2.96. The van der Waals surface area contributed by atoms with Gasteiger partial charge in [0, 0.05) is 35.5 Å². The van der Waals surface area contributed by atoms with Crippen molar-refractivity contribution in [1.29, 1.82) is 0 Å². The molecular weight excluding hydrogens is 379 g/mol. The molecule has 26 heavy (non-hydrogen) atoms. The number of nitrogens with one attached hydrogen (secondary N) is 2. The molecule has 2 N–H and O–H groups in total.